The summed E-state index contributed by atoms with van der Waals surface area (Å²) in [5.74, 6) is 1.34. The van der Waals surface area contributed by atoms with E-state index in [0.29, 0.717) is 5.95 Å². The van der Waals surface area contributed by atoms with Gasteiger partial charge in [0.2, 0.25) is 5.95 Å². The van der Waals surface area contributed by atoms with E-state index >= 15 is 0 Å². The lowest BCUT2D eigenvalue weighted by atomic mass is 10.2. The molecule has 0 aliphatic carbocycles. The van der Waals surface area contributed by atoms with E-state index in [-0.39, 0.29) is 0 Å². The molecular formula is C16H14N4O. The molecular weight excluding hydrogens is 264 g/mol. The lowest BCUT2D eigenvalue weighted by Crippen LogP contribution is -1.98. The molecule has 5 heteroatoms. The smallest absolute Gasteiger partial charge is 0.227 e. The molecule has 0 fully saturated rings. The number of aromatic nitrogens is 3. The largest absolute Gasteiger partial charge is 0.497 e. The zero-order chi connectivity index (χ0) is 14.5. The molecule has 0 unspecified atom stereocenters. The summed E-state index contributed by atoms with van der Waals surface area (Å²) in [5.41, 5.74) is 2.49. The molecule has 0 aliphatic heterocycles. The van der Waals surface area contributed by atoms with Crippen molar-refractivity contribution in [2.45, 2.75) is 0 Å². The molecule has 5 nitrogen and oxygen atoms in total. The first-order valence-corrected chi connectivity index (χ1v) is 6.51. The highest BCUT2D eigenvalue weighted by Gasteiger charge is 2.03. The lowest BCUT2D eigenvalue weighted by Gasteiger charge is -2.07. The summed E-state index contributed by atoms with van der Waals surface area (Å²) in [7, 11) is 1.64. The predicted octanol–water partition coefficient (Wildman–Crippen LogP) is 3.29. The predicted molar refractivity (Wildman–Crippen MR) is 81.5 cm³/mol. The molecule has 3 rings (SSSR count). The Balaban J connectivity index is 1.83. The van der Waals surface area contributed by atoms with Gasteiger partial charge in [-0.2, -0.15) is 0 Å². The summed E-state index contributed by atoms with van der Waals surface area (Å²) in [5, 5.41) is 3.16. The molecule has 0 bridgehead atoms. The average molecular weight is 278 g/mol. The van der Waals surface area contributed by atoms with E-state index in [4.69, 9.17) is 4.74 Å². The van der Waals surface area contributed by atoms with Crippen molar-refractivity contribution in [1.29, 1.82) is 0 Å². The number of hydrogen-bond acceptors (Lipinski definition) is 5. The highest BCUT2D eigenvalue weighted by molar-refractivity contribution is 5.59. The second-order valence-corrected chi connectivity index (χ2v) is 4.33. The third kappa shape index (κ3) is 3.14. The van der Waals surface area contributed by atoms with Crippen molar-refractivity contribution in [3.05, 3.63) is 60.9 Å². The minimum Gasteiger partial charge on any atom is -0.497 e. The van der Waals surface area contributed by atoms with Crippen LogP contribution in [0, 0.1) is 0 Å². The van der Waals surface area contributed by atoms with E-state index in [9.17, 15) is 0 Å². The molecule has 0 radical (unpaired) electrons. The number of benzene rings is 1. The summed E-state index contributed by atoms with van der Waals surface area (Å²) in [6.45, 7) is 0. The first kappa shape index (κ1) is 13.1. The highest BCUT2D eigenvalue weighted by Crippen LogP contribution is 2.19. The van der Waals surface area contributed by atoms with E-state index < -0.39 is 0 Å². The number of hydrogen-bond donors (Lipinski definition) is 1. The van der Waals surface area contributed by atoms with Gasteiger partial charge in [-0.25, -0.2) is 9.97 Å². The number of methoxy groups -OCH3 is 1. The van der Waals surface area contributed by atoms with Gasteiger partial charge in [0.05, 0.1) is 18.5 Å². The van der Waals surface area contributed by atoms with Crippen LogP contribution < -0.4 is 10.1 Å². The fourth-order valence-corrected chi connectivity index (χ4v) is 1.88. The average Bonchev–Trinajstić information content (AvgIpc) is 2.57. The molecule has 0 saturated heterocycles. The fourth-order valence-electron chi connectivity index (χ4n) is 1.88. The second kappa shape index (κ2) is 6.00. The molecule has 0 atom stereocenters. The summed E-state index contributed by atoms with van der Waals surface area (Å²) in [6.07, 6.45) is 3.46. The van der Waals surface area contributed by atoms with Crippen LogP contribution in [0.15, 0.2) is 60.9 Å². The minimum absolute atomic E-state index is 0.531. The topological polar surface area (TPSA) is 59.9 Å². The first-order valence-electron chi connectivity index (χ1n) is 6.51. The SMILES string of the molecule is COc1ccc(Nc2nccc(-c3ccccn3)n2)cc1. The van der Waals surface area contributed by atoms with Gasteiger partial charge in [-0.05, 0) is 42.5 Å². The van der Waals surface area contributed by atoms with Gasteiger partial charge in [0.15, 0.2) is 0 Å². The Morgan fingerprint density at radius 2 is 1.71 bits per heavy atom. The molecule has 0 spiro atoms. The zero-order valence-electron chi connectivity index (χ0n) is 11.5. The maximum absolute atomic E-state index is 5.13. The number of anilines is 2. The zero-order valence-corrected chi connectivity index (χ0v) is 11.5. The Bertz CT molecular complexity index is 714. The Morgan fingerprint density at radius 3 is 2.43 bits per heavy atom. The Morgan fingerprint density at radius 1 is 0.857 bits per heavy atom. The summed E-state index contributed by atoms with van der Waals surface area (Å²) in [6, 6.07) is 15.1. The van der Waals surface area contributed by atoms with Crippen LogP contribution in [0.25, 0.3) is 11.4 Å². The standard InChI is InChI=1S/C16H14N4O/c1-21-13-7-5-12(6-8-13)19-16-18-11-9-15(20-16)14-4-2-3-10-17-14/h2-11H,1H3,(H,18,19,20). The monoisotopic (exact) mass is 278 g/mol. The minimum atomic E-state index is 0.531. The van der Waals surface area contributed by atoms with Crippen molar-refractivity contribution >= 4 is 11.6 Å². The van der Waals surface area contributed by atoms with E-state index in [1.165, 1.54) is 0 Å². The molecule has 0 aliphatic rings. The quantitative estimate of drug-likeness (QED) is 0.793. The van der Waals surface area contributed by atoms with Crippen LogP contribution in [0.1, 0.15) is 0 Å². The van der Waals surface area contributed by atoms with E-state index in [0.717, 1.165) is 22.8 Å². The van der Waals surface area contributed by atoms with E-state index in [1.54, 1.807) is 19.5 Å². The van der Waals surface area contributed by atoms with Gasteiger partial charge in [0, 0.05) is 18.1 Å². The number of nitrogens with zero attached hydrogens (tertiary/aromatic N) is 3. The van der Waals surface area contributed by atoms with Gasteiger partial charge >= 0.3 is 0 Å². The first-order chi connectivity index (χ1) is 10.3. The molecule has 21 heavy (non-hydrogen) atoms. The van der Waals surface area contributed by atoms with E-state index in [1.807, 2.05) is 48.5 Å². The molecule has 2 heterocycles. The number of nitrogens with one attached hydrogen (secondary N) is 1. The van der Waals surface area contributed by atoms with Gasteiger partial charge in [0.25, 0.3) is 0 Å². The van der Waals surface area contributed by atoms with Crippen molar-refractivity contribution in [3.63, 3.8) is 0 Å². The van der Waals surface area contributed by atoms with Crippen LogP contribution >= 0.6 is 0 Å². The maximum atomic E-state index is 5.13. The van der Waals surface area contributed by atoms with Crippen LogP contribution in [-0.4, -0.2) is 22.1 Å². The molecule has 1 aromatic carbocycles. The van der Waals surface area contributed by atoms with Crippen LogP contribution in [0.5, 0.6) is 5.75 Å². The van der Waals surface area contributed by atoms with Crippen LogP contribution in [0.3, 0.4) is 0 Å². The van der Waals surface area contributed by atoms with Crippen LogP contribution in [0.4, 0.5) is 11.6 Å². The second-order valence-electron chi connectivity index (χ2n) is 4.33. The molecule has 1 N–H and O–H groups in total. The summed E-state index contributed by atoms with van der Waals surface area (Å²) >= 11 is 0. The number of pyridine rings is 1. The Labute approximate surface area is 122 Å². The third-order valence-electron chi connectivity index (χ3n) is 2.93. The van der Waals surface area contributed by atoms with Gasteiger partial charge in [0.1, 0.15) is 5.75 Å². The molecule has 104 valence electrons. The van der Waals surface area contributed by atoms with Crippen molar-refractivity contribution in [3.8, 4) is 17.1 Å². The van der Waals surface area contributed by atoms with Crippen molar-refractivity contribution < 1.29 is 4.74 Å². The normalized spacial score (nSPS) is 10.1. The number of ether oxygens (including phenoxy) is 1. The van der Waals surface area contributed by atoms with Gasteiger partial charge < -0.3 is 10.1 Å². The summed E-state index contributed by atoms with van der Waals surface area (Å²) < 4.78 is 5.13. The van der Waals surface area contributed by atoms with Gasteiger partial charge in [-0.1, -0.05) is 6.07 Å². The van der Waals surface area contributed by atoms with Crippen molar-refractivity contribution in [2.24, 2.45) is 0 Å². The fraction of sp³-hybridized carbons (Fsp3) is 0.0625. The maximum Gasteiger partial charge on any atom is 0.227 e. The van der Waals surface area contributed by atoms with E-state index in [2.05, 4.69) is 20.3 Å². The highest BCUT2D eigenvalue weighted by atomic mass is 16.5. The Hall–Kier alpha value is -2.95. The van der Waals surface area contributed by atoms with Crippen molar-refractivity contribution in [2.75, 3.05) is 12.4 Å². The van der Waals surface area contributed by atoms with Crippen LogP contribution in [-0.2, 0) is 0 Å². The number of rotatable bonds is 4. The molecule has 0 saturated carbocycles. The summed E-state index contributed by atoms with van der Waals surface area (Å²) in [4.78, 5) is 13.0. The lowest BCUT2D eigenvalue weighted by molar-refractivity contribution is 0.415. The molecule has 3 aromatic rings. The Kier molecular flexibility index (Phi) is 3.73. The van der Waals surface area contributed by atoms with Gasteiger partial charge in [-0.3, -0.25) is 4.98 Å². The van der Waals surface area contributed by atoms with Crippen LogP contribution in [0.2, 0.25) is 0 Å². The molecule has 2 aromatic heterocycles. The third-order valence-corrected chi connectivity index (χ3v) is 2.93. The van der Waals surface area contributed by atoms with Crippen molar-refractivity contribution in [1.82, 2.24) is 15.0 Å². The molecule has 0 amide bonds. The van der Waals surface area contributed by atoms with Gasteiger partial charge in [-0.15, -0.1) is 0 Å².